The topological polar surface area (TPSA) is 163 Å². The van der Waals surface area contributed by atoms with E-state index in [4.69, 9.17) is 14.2 Å². The number of aryl methyl sites for hydroxylation is 1. The zero-order valence-electron chi connectivity index (χ0n) is 22.8. The van der Waals surface area contributed by atoms with Crippen LogP contribution in [0.2, 0.25) is 0 Å². The summed E-state index contributed by atoms with van der Waals surface area (Å²) < 4.78 is 17.8. The summed E-state index contributed by atoms with van der Waals surface area (Å²) in [6.45, 7) is 5.15. The standard InChI is InChI=1S/C31H32O10/c1-12-8-18-17(21(33)9-12)10-19-26(30(18)37)29(36)16-5-4-15(28(35)25(16)31(19)38)22-11-23(27(34)14(3)39-22)41-24-7-6-20(32)13(2)40-24/h4-5,8-10,13-14,20,22-24,27,32-35,37H,6-7,11H2,1-3H3. The summed E-state index contributed by atoms with van der Waals surface area (Å²) in [5, 5.41) is 54.1. The molecule has 0 radical (unpaired) electrons. The summed E-state index contributed by atoms with van der Waals surface area (Å²) in [5.41, 5.74) is 0.326. The summed E-state index contributed by atoms with van der Waals surface area (Å²) in [6.07, 6.45) is -3.74. The molecule has 1 aliphatic carbocycles. The molecular formula is C31H32O10. The van der Waals surface area contributed by atoms with Crippen molar-refractivity contribution >= 4 is 22.3 Å². The minimum atomic E-state index is -0.987. The molecular weight excluding hydrogens is 532 g/mol. The number of phenolic OH excluding ortho intramolecular Hbond substituents is 3. The number of carbonyl (C=O) groups is 2. The van der Waals surface area contributed by atoms with E-state index in [1.54, 1.807) is 26.8 Å². The van der Waals surface area contributed by atoms with Crippen LogP contribution in [0.3, 0.4) is 0 Å². The molecule has 7 atom stereocenters. The smallest absolute Gasteiger partial charge is 0.198 e. The van der Waals surface area contributed by atoms with Crippen molar-refractivity contribution in [2.24, 2.45) is 0 Å². The Balaban J connectivity index is 1.35. The Labute approximate surface area is 235 Å². The van der Waals surface area contributed by atoms with E-state index in [2.05, 4.69) is 0 Å². The largest absolute Gasteiger partial charge is 0.507 e. The molecule has 2 fully saturated rings. The Bertz CT molecular complexity index is 1580. The van der Waals surface area contributed by atoms with Gasteiger partial charge in [-0.05, 0) is 57.0 Å². The van der Waals surface area contributed by atoms with Crippen LogP contribution in [0.1, 0.15) is 82.2 Å². The van der Waals surface area contributed by atoms with Crippen LogP contribution in [-0.2, 0) is 14.2 Å². The molecule has 10 heteroatoms. The lowest BCUT2D eigenvalue weighted by molar-refractivity contribution is -0.272. The van der Waals surface area contributed by atoms with Gasteiger partial charge in [0.2, 0.25) is 0 Å². The number of aromatic hydroxyl groups is 3. The second kappa shape index (κ2) is 10.1. The van der Waals surface area contributed by atoms with Gasteiger partial charge in [-0.1, -0.05) is 6.07 Å². The van der Waals surface area contributed by atoms with Gasteiger partial charge in [0.05, 0.1) is 41.6 Å². The SMILES string of the molecule is Cc1cc(O)c2cc3c(c(O)c2c1)C(=O)c1ccc(C2CC(OC4CCC(O)C(C)O4)C(O)C(C)O2)c(O)c1C3=O. The maximum atomic E-state index is 13.7. The van der Waals surface area contributed by atoms with Crippen LogP contribution >= 0.6 is 0 Å². The Kier molecular flexibility index (Phi) is 6.79. The van der Waals surface area contributed by atoms with Gasteiger partial charge in [0, 0.05) is 40.3 Å². The number of phenols is 3. The Morgan fingerprint density at radius 2 is 1.54 bits per heavy atom. The molecule has 3 aliphatic rings. The second-order valence-corrected chi connectivity index (χ2v) is 11.3. The van der Waals surface area contributed by atoms with Crippen LogP contribution in [0.5, 0.6) is 17.2 Å². The molecule has 10 nitrogen and oxygen atoms in total. The number of ketones is 2. The molecule has 2 aliphatic heterocycles. The van der Waals surface area contributed by atoms with Gasteiger partial charge < -0.3 is 39.7 Å². The molecule has 6 rings (SSSR count). The zero-order valence-corrected chi connectivity index (χ0v) is 22.8. The Morgan fingerprint density at radius 1 is 0.829 bits per heavy atom. The van der Waals surface area contributed by atoms with E-state index in [1.807, 2.05) is 0 Å². The number of carbonyl (C=O) groups excluding carboxylic acids is 2. The van der Waals surface area contributed by atoms with Crippen molar-refractivity contribution in [2.75, 3.05) is 0 Å². The number of aliphatic hydroxyl groups is 2. The van der Waals surface area contributed by atoms with Crippen molar-refractivity contribution in [3.63, 3.8) is 0 Å². The van der Waals surface area contributed by atoms with Gasteiger partial charge in [-0.3, -0.25) is 9.59 Å². The predicted octanol–water partition coefficient (Wildman–Crippen LogP) is 3.52. The molecule has 0 aromatic heterocycles. The molecule has 3 aromatic rings. The lowest BCUT2D eigenvalue weighted by Crippen LogP contribution is -2.48. The van der Waals surface area contributed by atoms with Gasteiger partial charge >= 0.3 is 0 Å². The number of hydrogen-bond donors (Lipinski definition) is 5. The first-order chi connectivity index (χ1) is 19.5. The van der Waals surface area contributed by atoms with E-state index in [0.29, 0.717) is 18.4 Å². The maximum absolute atomic E-state index is 13.7. The van der Waals surface area contributed by atoms with Crippen molar-refractivity contribution in [1.82, 2.24) is 0 Å². The highest BCUT2D eigenvalue weighted by atomic mass is 16.7. The van der Waals surface area contributed by atoms with Crippen LogP contribution in [0.4, 0.5) is 0 Å². The Morgan fingerprint density at radius 3 is 2.27 bits per heavy atom. The molecule has 5 N–H and O–H groups in total. The number of hydrogen-bond acceptors (Lipinski definition) is 10. The molecule has 41 heavy (non-hydrogen) atoms. The number of rotatable bonds is 3. The minimum absolute atomic E-state index is 0.0601. The molecule has 2 saturated heterocycles. The summed E-state index contributed by atoms with van der Waals surface area (Å²) in [4.78, 5) is 27.3. The first-order valence-electron chi connectivity index (χ1n) is 13.7. The Hall–Kier alpha value is -3.54. The van der Waals surface area contributed by atoms with Crippen molar-refractivity contribution in [3.05, 3.63) is 63.7 Å². The van der Waals surface area contributed by atoms with Crippen molar-refractivity contribution in [1.29, 1.82) is 0 Å². The third-order valence-electron chi connectivity index (χ3n) is 8.47. The summed E-state index contributed by atoms with van der Waals surface area (Å²) >= 11 is 0. The first kappa shape index (κ1) is 27.6. The second-order valence-electron chi connectivity index (χ2n) is 11.3. The van der Waals surface area contributed by atoms with Crippen LogP contribution < -0.4 is 0 Å². The summed E-state index contributed by atoms with van der Waals surface area (Å²) in [5.74, 6) is -2.29. The number of benzene rings is 3. The lowest BCUT2D eigenvalue weighted by Gasteiger charge is -2.41. The van der Waals surface area contributed by atoms with Gasteiger partial charge in [0.1, 0.15) is 23.4 Å². The van der Waals surface area contributed by atoms with Crippen LogP contribution in [-0.4, -0.2) is 73.9 Å². The lowest BCUT2D eigenvalue weighted by atomic mass is 9.79. The van der Waals surface area contributed by atoms with E-state index in [1.165, 1.54) is 24.3 Å². The van der Waals surface area contributed by atoms with Gasteiger partial charge in [0.25, 0.3) is 0 Å². The van der Waals surface area contributed by atoms with Gasteiger partial charge in [0.15, 0.2) is 17.9 Å². The molecule has 2 heterocycles. The third-order valence-corrected chi connectivity index (χ3v) is 8.47. The molecule has 7 unspecified atom stereocenters. The number of aliphatic hydroxyl groups excluding tert-OH is 2. The highest BCUT2D eigenvalue weighted by molar-refractivity contribution is 6.32. The molecule has 0 spiro atoms. The highest BCUT2D eigenvalue weighted by Gasteiger charge is 2.42. The molecule has 0 amide bonds. The number of fused-ring (bicyclic) bond motifs is 3. The van der Waals surface area contributed by atoms with Crippen LogP contribution in [0.25, 0.3) is 10.8 Å². The van der Waals surface area contributed by atoms with Gasteiger partial charge in [-0.25, -0.2) is 0 Å². The third kappa shape index (κ3) is 4.47. The maximum Gasteiger partial charge on any atom is 0.198 e. The number of ether oxygens (including phenoxy) is 3. The normalized spacial score (nSPS) is 29.8. The van der Waals surface area contributed by atoms with E-state index >= 15 is 0 Å². The van der Waals surface area contributed by atoms with E-state index < -0.39 is 66.0 Å². The van der Waals surface area contributed by atoms with Crippen molar-refractivity contribution in [3.8, 4) is 17.2 Å². The average Bonchev–Trinajstić information content (AvgIpc) is 2.92. The minimum Gasteiger partial charge on any atom is -0.507 e. The average molecular weight is 565 g/mol. The fraction of sp³-hybridized carbons (Fsp3) is 0.419. The highest BCUT2D eigenvalue weighted by Crippen LogP contribution is 2.46. The first-order valence-corrected chi connectivity index (χ1v) is 13.7. The summed E-state index contributed by atoms with van der Waals surface area (Å²) in [7, 11) is 0. The van der Waals surface area contributed by atoms with Crippen LogP contribution in [0, 0.1) is 6.92 Å². The molecule has 3 aromatic carbocycles. The van der Waals surface area contributed by atoms with Gasteiger partial charge in [-0.2, -0.15) is 0 Å². The van der Waals surface area contributed by atoms with E-state index in [9.17, 15) is 35.1 Å². The molecule has 0 saturated carbocycles. The van der Waals surface area contributed by atoms with Crippen molar-refractivity contribution < 1.29 is 49.3 Å². The summed E-state index contributed by atoms with van der Waals surface area (Å²) in [6, 6.07) is 7.39. The monoisotopic (exact) mass is 564 g/mol. The molecule has 216 valence electrons. The van der Waals surface area contributed by atoms with Gasteiger partial charge in [-0.15, -0.1) is 0 Å². The van der Waals surface area contributed by atoms with E-state index in [-0.39, 0.29) is 50.8 Å². The molecule has 0 bridgehead atoms. The fourth-order valence-electron chi connectivity index (χ4n) is 6.19. The van der Waals surface area contributed by atoms with E-state index in [0.717, 1.165) is 0 Å². The quantitative estimate of drug-likeness (QED) is 0.249. The zero-order chi connectivity index (χ0) is 29.3. The van der Waals surface area contributed by atoms with Crippen molar-refractivity contribution in [2.45, 2.75) is 82.9 Å². The van der Waals surface area contributed by atoms with Crippen LogP contribution in [0.15, 0.2) is 30.3 Å². The fourth-order valence-corrected chi connectivity index (χ4v) is 6.19. The predicted molar refractivity (Wildman–Crippen MR) is 145 cm³/mol.